The molecule has 12 nitrogen and oxygen atoms in total. The van der Waals surface area contributed by atoms with E-state index in [1.807, 2.05) is 6.07 Å². The van der Waals surface area contributed by atoms with E-state index >= 15 is 0 Å². The van der Waals surface area contributed by atoms with Crippen molar-refractivity contribution < 1.29 is 29.4 Å². The van der Waals surface area contributed by atoms with Crippen LogP contribution in [-0.2, 0) is 32.0 Å². The number of nitrogens with two attached hydrogens (primary N) is 1. The Morgan fingerprint density at radius 1 is 1.09 bits per heavy atom. The number of nitrogens with zero attached hydrogens (tertiary/aromatic N) is 1. The summed E-state index contributed by atoms with van der Waals surface area (Å²) in [5, 5.41) is 26.2. The quantitative estimate of drug-likeness (QED) is 0.190. The van der Waals surface area contributed by atoms with Crippen LogP contribution in [0.2, 0.25) is 0 Å². The molecule has 0 aliphatic rings. The number of hydrogen-bond donors (Lipinski definition) is 7. The first-order valence-corrected chi connectivity index (χ1v) is 10.2. The molecule has 1 aromatic heterocycles. The second-order valence-corrected chi connectivity index (χ2v) is 7.48. The van der Waals surface area contributed by atoms with Gasteiger partial charge in [0.2, 0.25) is 17.7 Å². The number of nitrogens with one attached hydrogen (secondary N) is 4. The van der Waals surface area contributed by atoms with E-state index in [9.17, 15) is 29.4 Å². The lowest BCUT2D eigenvalue weighted by Crippen LogP contribution is -2.57. The third kappa shape index (κ3) is 8.35. The smallest absolute Gasteiger partial charge is 0.326 e. The number of aromatic amines is 1. The molecule has 33 heavy (non-hydrogen) atoms. The van der Waals surface area contributed by atoms with Gasteiger partial charge in [0.25, 0.3) is 0 Å². The predicted molar refractivity (Wildman–Crippen MR) is 117 cm³/mol. The molecule has 12 heteroatoms. The topological polar surface area (TPSA) is 200 Å². The van der Waals surface area contributed by atoms with Crippen LogP contribution in [-0.4, -0.2) is 74.6 Å². The Balaban J connectivity index is 1.87. The number of carboxylic acids is 1. The number of aliphatic hydroxyl groups is 1. The molecule has 2 rings (SSSR count). The summed E-state index contributed by atoms with van der Waals surface area (Å²) in [5.74, 6) is -3.48. The summed E-state index contributed by atoms with van der Waals surface area (Å²) in [7, 11) is 0. The van der Waals surface area contributed by atoms with Crippen LogP contribution < -0.4 is 21.7 Å². The van der Waals surface area contributed by atoms with E-state index in [1.54, 1.807) is 24.3 Å². The fraction of sp³-hybridized carbons (Fsp3) is 0.381. The lowest BCUT2D eigenvalue weighted by atomic mass is 10.0. The van der Waals surface area contributed by atoms with Gasteiger partial charge in [0, 0.05) is 18.3 Å². The highest BCUT2D eigenvalue weighted by molar-refractivity contribution is 5.93. The van der Waals surface area contributed by atoms with Crippen LogP contribution in [0, 0.1) is 0 Å². The molecule has 1 aromatic carbocycles. The highest BCUT2D eigenvalue weighted by atomic mass is 16.4. The van der Waals surface area contributed by atoms with Gasteiger partial charge in [0.1, 0.15) is 12.1 Å². The normalized spacial score (nSPS) is 14.4. The molecule has 0 fully saturated rings. The summed E-state index contributed by atoms with van der Waals surface area (Å²) >= 11 is 0. The molecule has 0 aliphatic heterocycles. The van der Waals surface area contributed by atoms with Crippen molar-refractivity contribution in [2.75, 3.05) is 6.54 Å². The first-order chi connectivity index (χ1) is 15.7. The average molecular weight is 460 g/mol. The number of aliphatic hydroxyl groups excluding tert-OH is 1. The van der Waals surface area contributed by atoms with Gasteiger partial charge < -0.3 is 36.9 Å². The molecule has 0 saturated heterocycles. The number of carbonyl (C=O) groups excluding carboxylic acids is 3. The SMILES string of the molecule is CC(O)C(NC(=O)C(N)Cc1ccccc1)C(=O)NCC(=O)NC(Cc1cnc[nH]1)C(=O)O. The van der Waals surface area contributed by atoms with Crippen LogP contribution in [0.15, 0.2) is 42.9 Å². The zero-order chi connectivity index (χ0) is 24.4. The van der Waals surface area contributed by atoms with Crippen LogP contribution in [0.3, 0.4) is 0 Å². The minimum atomic E-state index is -1.35. The zero-order valence-corrected chi connectivity index (χ0v) is 18.0. The van der Waals surface area contributed by atoms with Crippen molar-refractivity contribution in [3.8, 4) is 0 Å². The Morgan fingerprint density at radius 2 is 1.79 bits per heavy atom. The fourth-order valence-corrected chi connectivity index (χ4v) is 2.97. The molecule has 4 atom stereocenters. The first-order valence-electron chi connectivity index (χ1n) is 10.2. The number of hydrogen-bond acceptors (Lipinski definition) is 7. The van der Waals surface area contributed by atoms with E-state index in [0.717, 1.165) is 5.56 Å². The van der Waals surface area contributed by atoms with Crippen molar-refractivity contribution in [1.82, 2.24) is 25.9 Å². The van der Waals surface area contributed by atoms with Crippen molar-refractivity contribution in [2.45, 2.75) is 44.0 Å². The zero-order valence-electron chi connectivity index (χ0n) is 18.0. The van der Waals surface area contributed by atoms with E-state index in [-0.39, 0.29) is 12.8 Å². The molecular weight excluding hydrogens is 432 g/mol. The third-order valence-corrected chi connectivity index (χ3v) is 4.73. The maximum atomic E-state index is 12.4. The summed E-state index contributed by atoms with van der Waals surface area (Å²) in [6, 6.07) is 5.51. The molecule has 0 radical (unpaired) electrons. The summed E-state index contributed by atoms with van der Waals surface area (Å²) in [6.45, 7) is 0.749. The summed E-state index contributed by atoms with van der Waals surface area (Å²) in [4.78, 5) is 54.9. The lowest BCUT2D eigenvalue weighted by Gasteiger charge is -2.23. The van der Waals surface area contributed by atoms with Crippen LogP contribution in [0.1, 0.15) is 18.2 Å². The minimum absolute atomic E-state index is 0.0271. The van der Waals surface area contributed by atoms with Gasteiger partial charge in [-0.3, -0.25) is 14.4 Å². The van der Waals surface area contributed by atoms with Gasteiger partial charge in [-0.2, -0.15) is 0 Å². The molecule has 0 saturated carbocycles. The highest BCUT2D eigenvalue weighted by Crippen LogP contribution is 2.03. The number of carboxylic acid groups (broad SMARTS) is 1. The number of rotatable bonds is 12. The van der Waals surface area contributed by atoms with Crippen LogP contribution in [0.5, 0.6) is 0 Å². The number of imidazole rings is 1. The number of H-pyrrole nitrogens is 1. The molecule has 8 N–H and O–H groups in total. The highest BCUT2D eigenvalue weighted by Gasteiger charge is 2.28. The first kappa shape index (κ1) is 25.5. The van der Waals surface area contributed by atoms with E-state index in [0.29, 0.717) is 5.69 Å². The molecule has 2 aromatic rings. The molecule has 0 aliphatic carbocycles. The van der Waals surface area contributed by atoms with E-state index in [2.05, 4.69) is 25.9 Å². The van der Waals surface area contributed by atoms with Crippen LogP contribution in [0.25, 0.3) is 0 Å². The predicted octanol–water partition coefficient (Wildman–Crippen LogP) is -1.93. The molecule has 0 spiro atoms. The largest absolute Gasteiger partial charge is 0.480 e. The number of amides is 3. The van der Waals surface area contributed by atoms with E-state index in [1.165, 1.54) is 19.4 Å². The summed E-state index contributed by atoms with van der Waals surface area (Å²) < 4.78 is 0. The van der Waals surface area contributed by atoms with Gasteiger partial charge in [-0.25, -0.2) is 9.78 Å². The second kappa shape index (κ2) is 12.3. The number of aromatic nitrogens is 2. The Labute approximate surface area is 190 Å². The molecule has 4 unspecified atom stereocenters. The van der Waals surface area contributed by atoms with Crippen LogP contribution >= 0.6 is 0 Å². The molecule has 0 bridgehead atoms. The third-order valence-electron chi connectivity index (χ3n) is 4.73. The van der Waals surface area contributed by atoms with Gasteiger partial charge in [0.05, 0.1) is 25.0 Å². The van der Waals surface area contributed by atoms with Gasteiger partial charge in [-0.05, 0) is 18.9 Å². The maximum absolute atomic E-state index is 12.4. The Hall–Kier alpha value is -3.77. The van der Waals surface area contributed by atoms with Crippen LogP contribution in [0.4, 0.5) is 0 Å². The molecule has 178 valence electrons. The van der Waals surface area contributed by atoms with Gasteiger partial charge in [-0.1, -0.05) is 30.3 Å². The molecule has 3 amide bonds. The summed E-state index contributed by atoms with van der Waals surface area (Å²) in [5.41, 5.74) is 7.25. The Morgan fingerprint density at radius 3 is 2.36 bits per heavy atom. The standard InChI is InChI=1S/C21H28N6O6/c1-12(28)18(27-19(30)15(22)7-13-5-3-2-4-6-13)20(31)24-10-17(29)26-16(21(32)33)8-14-9-23-11-25-14/h2-6,9,11-12,15-16,18,28H,7-8,10,22H2,1H3,(H,23,25)(H,24,31)(H,26,29)(H,27,30)(H,32,33). The van der Waals surface area contributed by atoms with E-state index < -0.39 is 54.5 Å². The van der Waals surface area contributed by atoms with Gasteiger partial charge in [0.15, 0.2) is 0 Å². The number of carbonyl (C=O) groups is 4. The maximum Gasteiger partial charge on any atom is 0.326 e. The van der Waals surface area contributed by atoms with E-state index in [4.69, 9.17) is 5.73 Å². The van der Waals surface area contributed by atoms with Crippen molar-refractivity contribution in [1.29, 1.82) is 0 Å². The van der Waals surface area contributed by atoms with Crippen molar-refractivity contribution in [2.24, 2.45) is 5.73 Å². The fourth-order valence-electron chi connectivity index (χ4n) is 2.97. The lowest BCUT2D eigenvalue weighted by molar-refractivity contribution is -0.141. The minimum Gasteiger partial charge on any atom is -0.480 e. The number of aliphatic carboxylic acids is 1. The monoisotopic (exact) mass is 460 g/mol. The Bertz CT molecular complexity index is 934. The average Bonchev–Trinajstić information content (AvgIpc) is 3.28. The van der Waals surface area contributed by atoms with Crippen molar-refractivity contribution >= 4 is 23.7 Å². The molecule has 1 heterocycles. The van der Waals surface area contributed by atoms with Gasteiger partial charge >= 0.3 is 5.97 Å². The van der Waals surface area contributed by atoms with Crippen molar-refractivity contribution in [3.63, 3.8) is 0 Å². The van der Waals surface area contributed by atoms with Crippen molar-refractivity contribution in [3.05, 3.63) is 54.1 Å². The number of benzene rings is 1. The summed E-state index contributed by atoms with van der Waals surface area (Å²) in [6.07, 6.45) is 1.75. The molecular formula is C21H28N6O6. The Kier molecular flexibility index (Phi) is 9.51. The second-order valence-electron chi connectivity index (χ2n) is 7.48. The van der Waals surface area contributed by atoms with Gasteiger partial charge in [-0.15, -0.1) is 0 Å².